The van der Waals surface area contributed by atoms with E-state index < -0.39 is 0 Å². The molecule has 2 radical (unpaired) electrons. The van der Waals surface area contributed by atoms with Crippen molar-refractivity contribution in [1.29, 1.82) is 0 Å². The van der Waals surface area contributed by atoms with E-state index in [1.807, 2.05) is 13.8 Å². The van der Waals surface area contributed by atoms with Crippen LogP contribution in [0.2, 0.25) is 0 Å². The predicted molar refractivity (Wildman–Crippen MR) is 90.6 cm³/mol. The van der Waals surface area contributed by atoms with Crippen molar-refractivity contribution in [2.24, 2.45) is 5.92 Å². The second-order valence-electron chi connectivity index (χ2n) is 6.04. The molecule has 1 atom stereocenters. The van der Waals surface area contributed by atoms with Crippen LogP contribution in [-0.4, -0.2) is 40.9 Å². The maximum atomic E-state index is 12.6. The summed E-state index contributed by atoms with van der Waals surface area (Å²) in [5, 5.41) is 0. The lowest BCUT2D eigenvalue weighted by atomic mass is 9.85. The van der Waals surface area contributed by atoms with Crippen LogP contribution in [0.5, 0.6) is 0 Å². The Bertz CT molecular complexity index is 415. The number of imide groups is 1. The van der Waals surface area contributed by atoms with Gasteiger partial charge in [-0.15, -0.1) is 0 Å². The Morgan fingerprint density at radius 3 is 2.41 bits per heavy atom. The van der Waals surface area contributed by atoms with Gasteiger partial charge in [-0.25, -0.2) is 11.6 Å². The first-order valence-electron chi connectivity index (χ1n) is 8.13. The Morgan fingerprint density at radius 1 is 1.27 bits per heavy atom. The fourth-order valence-corrected chi connectivity index (χ4v) is 3.82. The lowest BCUT2D eigenvalue weighted by molar-refractivity contribution is -0.139. The van der Waals surface area contributed by atoms with Crippen LogP contribution < -0.4 is 0 Å². The minimum absolute atomic E-state index is 0.0711. The van der Waals surface area contributed by atoms with Gasteiger partial charge in [0.05, 0.1) is 5.92 Å². The highest BCUT2D eigenvalue weighted by Crippen LogP contribution is 2.43. The molecule has 1 heterocycles. The van der Waals surface area contributed by atoms with E-state index in [0.717, 1.165) is 32.1 Å². The summed E-state index contributed by atoms with van der Waals surface area (Å²) in [6.07, 6.45) is 4.85. The monoisotopic (exact) mass is 323 g/mol. The first-order chi connectivity index (χ1) is 10.4. The van der Waals surface area contributed by atoms with Gasteiger partial charge in [-0.1, -0.05) is 20.3 Å². The first kappa shape index (κ1) is 19.3. The molecular formula is C16H26BNO3S. The highest BCUT2D eigenvalue weighted by Gasteiger charge is 2.48. The van der Waals surface area contributed by atoms with E-state index in [9.17, 15) is 14.4 Å². The average Bonchev–Trinajstić information content (AvgIpc) is 2.77. The molecule has 0 aromatic heterocycles. The Morgan fingerprint density at radius 2 is 1.91 bits per heavy atom. The Kier molecular flexibility index (Phi) is 7.67. The number of amides is 2. The van der Waals surface area contributed by atoms with Gasteiger partial charge >= 0.3 is 0 Å². The van der Waals surface area contributed by atoms with Crippen LogP contribution in [0.1, 0.15) is 65.7 Å². The summed E-state index contributed by atoms with van der Waals surface area (Å²) in [5.74, 6) is -0.272. The van der Waals surface area contributed by atoms with Crippen LogP contribution in [0.15, 0.2) is 0 Å². The SMILES string of the molecule is [B]SC(CC)(CC)C1CC(=O)N(CCCCCC(C)=O)C1=O. The summed E-state index contributed by atoms with van der Waals surface area (Å²) in [6.45, 7) is 6.08. The van der Waals surface area contributed by atoms with E-state index in [1.54, 1.807) is 6.92 Å². The molecule has 0 aliphatic carbocycles. The molecule has 1 fully saturated rings. The summed E-state index contributed by atoms with van der Waals surface area (Å²) < 4.78 is -0.337. The summed E-state index contributed by atoms with van der Waals surface area (Å²) in [5.41, 5.74) is 0. The second-order valence-corrected chi connectivity index (χ2v) is 7.09. The molecule has 1 unspecified atom stereocenters. The molecule has 6 heteroatoms. The van der Waals surface area contributed by atoms with E-state index in [4.69, 9.17) is 7.12 Å². The number of likely N-dealkylation sites (tertiary alicyclic amines) is 1. The fraction of sp³-hybridized carbons (Fsp3) is 0.812. The molecule has 0 aromatic rings. The van der Waals surface area contributed by atoms with E-state index in [0.29, 0.717) is 13.0 Å². The van der Waals surface area contributed by atoms with Gasteiger partial charge in [0.25, 0.3) is 0 Å². The molecule has 0 saturated carbocycles. The van der Waals surface area contributed by atoms with E-state index in [2.05, 4.69) is 0 Å². The van der Waals surface area contributed by atoms with Crippen molar-refractivity contribution in [2.75, 3.05) is 6.54 Å². The minimum Gasteiger partial charge on any atom is -0.300 e. The number of nitrogens with zero attached hydrogens (tertiary/aromatic N) is 1. The molecule has 1 aliphatic rings. The highest BCUT2D eigenvalue weighted by atomic mass is 32.2. The van der Waals surface area contributed by atoms with Gasteiger partial charge < -0.3 is 4.79 Å². The molecule has 1 rings (SSSR count). The third kappa shape index (κ3) is 4.37. The molecule has 2 amide bonds. The number of ketones is 1. The van der Waals surface area contributed by atoms with Crippen molar-refractivity contribution in [3.05, 3.63) is 0 Å². The molecule has 0 spiro atoms. The standard InChI is InChI=1S/C16H26BNO3S/c1-4-16(5-2,22-17)13-11-14(20)18(15(13)21)10-8-6-7-9-12(3)19/h13H,4-11H2,1-3H3. The smallest absolute Gasteiger partial charge is 0.234 e. The molecule has 1 aliphatic heterocycles. The fourth-order valence-electron chi connectivity index (χ4n) is 3.14. The van der Waals surface area contributed by atoms with Crippen LogP contribution in [0.4, 0.5) is 0 Å². The first-order valence-corrected chi connectivity index (χ1v) is 9.01. The van der Waals surface area contributed by atoms with E-state index in [-0.39, 0.29) is 34.7 Å². The molecule has 1 saturated heterocycles. The van der Waals surface area contributed by atoms with Crippen molar-refractivity contribution in [3.63, 3.8) is 0 Å². The van der Waals surface area contributed by atoms with Crippen LogP contribution >= 0.6 is 11.6 Å². The molecule has 0 aromatic carbocycles. The van der Waals surface area contributed by atoms with E-state index in [1.165, 1.54) is 16.5 Å². The maximum Gasteiger partial charge on any atom is 0.234 e. The zero-order valence-electron chi connectivity index (χ0n) is 13.9. The summed E-state index contributed by atoms with van der Waals surface area (Å²) in [7, 11) is 5.83. The van der Waals surface area contributed by atoms with Crippen molar-refractivity contribution in [1.82, 2.24) is 4.90 Å². The molecule has 0 bridgehead atoms. The van der Waals surface area contributed by atoms with Crippen LogP contribution in [-0.2, 0) is 14.4 Å². The van der Waals surface area contributed by atoms with Crippen LogP contribution in [0.3, 0.4) is 0 Å². The molecule has 122 valence electrons. The largest absolute Gasteiger partial charge is 0.300 e. The third-order valence-corrected chi connectivity index (χ3v) is 6.05. The number of rotatable bonds is 10. The van der Waals surface area contributed by atoms with Crippen molar-refractivity contribution < 1.29 is 14.4 Å². The van der Waals surface area contributed by atoms with Gasteiger partial charge in [0.1, 0.15) is 5.78 Å². The van der Waals surface area contributed by atoms with Gasteiger partial charge in [-0.3, -0.25) is 14.5 Å². The number of carbonyl (C=O) groups excluding carboxylic acids is 3. The number of hydrogen-bond acceptors (Lipinski definition) is 4. The van der Waals surface area contributed by atoms with Gasteiger partial charge in [0, 0.05) is 24.1 Å². The normalized spacial score (nSPS) is 19.0. The van der Waals surface area contributed by atoms with E-state index >= 15 is 0 Å². The molecular weight excluding hydrogens is 297 g/mol. The number of unbranched alkanes of at least 4 members (excludes halogenated alkanes) is 2. The summed E-state index contributed by atoms with van der Waals surface area (Å²) in [4.78, 5) is 37.0. The van der Waals surface area contributed by atoms with Crippen molar-refractivity contribution >= 4 is 36.3 Å². The summed E-state index contributed by atoms with van der Waals surface area (Å²) >= 11 is 1.22. The van der Waals surface area contributed by atoms with Crippen molar-refractivity contribution in [3.8, 4) is 0 Å². The maximum absolute atomic E-state index is 12.6. The zero-order valence-corrected chi connectivity index (χ0v) is 14.7. The van der Waals surface area contributed by atoms with Crippen LogP contribution in [0, 0.1) is 5.92 Å². The van der Waals surface area contributed by atoms with Crippen LogP contribution in [0.25, 0.3) is 0 Å². The molecule has 22 heavy (non-hydrogen) atoms. The zero-order chi connectivity index (χ0) is 16.8. The third-order valence-electron chi connectivity index (χ3n) is 4.72. The molecule has 4 nitrogen and oxygen atoms in total. The van der Waals surface area contributed by atoms with Crippen molar-refractivity contribution in [2.45, 2.75) is 70.5 Å². The number of Topliss-reactive ketones (excluding diaryl/α,β-unsaturated/α-hetero) is 1. The van der Waals surface area contributed by atoms with Gasteiger partial charge in [0.15, 0.2) is 7.12 Å². The highest BCUT2D eigenvalue weighted by molar-refractivity contribution is 8.20. The quantitative estimate of drug-likeness (QED) is 0.352. The lowest BCUT2D eigenvalue weighted by Crippen LogP contribution is -2.40. The predicted octanol–water partition coefficient (Wildman–Crippen LogP) is 2.89. The average molecular weight is 323 g/mol. The summed E-state index contributed by atoms with van der Waals surface area (Å²) in [6, 6.07) is 0. The Balaban J connectivity index is 2.59. The second kappa shape index (κ2) is 8.75. The van der Waals surface area contributed by atoms with Gasteiger partial charge in [-0.2, -0.15) is 0 Å². The topological polar surface area (TPSA) is 54.5 Å². The number of carbonyl (C=O) groups is 3. The Labute approximate surface area is 139 Å². The molecule has 0 N–H and O–H groups in total. The van der Waals surface area contributed by atoms with Gasteiger partial charge in [-0.05, 0) is 32.6 Å². The van der Waals surface area contributed by atoms with Gasteiger partial charge in [0.2, 0.25) is 11.8 Å². The Hall–Kier alpha value is -0.775. The number of hydrogen-bond donors (Lipinski definition) is 0. The minimum atomic E-state index is -0.337. The lowest BCUT2D eigenvalue weighted by Gasteiger charge is -2.35.